The summed E-state index contributed by atoms with van der Waals surface area (Å²) < 4.78 is 26.9. The summed E-state index contributed by atoms with van der Waals surface area (Å²) in [4.78, 5) is 0.0781. The van der Waals surface area contributed by atoms with Gasteiger partial charge in [0.1, 0.15) is 0 Å². The van der Waals surface area contributed by atoms with E-state index in [0.29, 0.717) is 5.70 Å². The second-order valence-electron chi connectivity index (χ2n) is 3.46. The number of nitrogens with one attached hydrogen (secondary N) is 1. The van der Waals surface area contributed by atoms with Crippen LogP contribution in [0.15, 0.2) is 97.7 Å². The molecule has 0 fully saturated rings. The van der Waals surface area contributed by atoms with Crippen LogP contribution in [-0.2, 0) is 10.0 Å². The lowest BCUT2D eigenvalue weighted by Gasteiger charge is -2.09. The molecule has 3 nitrogen and oxygen atoms in total. The van der Waals surface area contributed by atoms with Crippen LogP contribution in [0.1, 0.15) is 0 Å². The zero-order valence-electron chi connectivity index (χ0n) is 11.3. The maximum Gasteiger partial charge on any atom is 0.261 e. The molecule has 0 aromatic rings. The fraction of sp³-hybridized carbons (Fsp3) is 0. The van der Waals surface area contributed by atoms with E-state index in [1.54, 1.807) is 24.3 Å². The van der Waals surface area contributed by atoms with Gasteiger partial charge in [-0.3, -0.25) is 4.72 Å². The van der Waals surface area contributed by atoms with Crippen LogP contribution >= 0.6 is 0 Å². The molecule has 0 aliphatic heterocycles. The third-order valence-electron chi connectivity index (χ3n) is 1.95. The second-order valence-corrected chi connectivity index (χ2v) is 5.14. The molecule has 0 saturated heterocycles. The number of rotatable bonds is 9. The third-order valence-corrected chi connectivity index (χ3v) is 3.35. The number of allylic oxidation sites excluding steroid dienone is 10. The van der Waals surface area contributed by atoms with Crippen molar-refractivity contribution in [3.63, 3.8) is 0 Å². The molecule has 0 radical (unpaired) electrons. The standard InChI is InChI=1S/C16H19NO2S/c1-5-9-13-15(11-7-3)17-20(18,19)16(12-8-4)14-10-6-2/h5-14,17H,1-4H2/b13-9-,14-10-,15-11+,16-12+. The average Bonchev–Trinajstić information content (AvgIpc) is 2.40. The Morgan fingerprint density at radius 1 is 0.800 bits per heavy atom. The topological polar surface area (TPSA) is 46.2 Å². The highest BCUT2D eigenvalue weighted by molar-refractivity contribution is 7.93. The van der Waals surface area contributed by atoms with Crippen molar-refractivity contribution in [2.24, 2.45) is 0 Å². The molecule has 0 aliphatic carbocycles. The first-order chi connectivity index (χ1) is 9.51. The minimum absolute atomic E-state index is 0.0781. The molecule has 1 N–H and O–H groups in total. The molecular weight excluding hydrogens is 270 g/mol. The van der Waals surface area contributed by atoms with Crippen molar-refractivity contribution in [1.29, 1.82) is 0 Å². The number of sulfonamides is 1. The van der Waals surface area contributed by atoms with E-state index < -0.39 is 10.0 Å². The minimum Gasteiger partial charge on any atom is -0.280 e. The Morgan fingerprint density at radius 3 is 1.85 bits per heavy atom. The van der Waals surface area contributed by atoms with E-state index in [0.717, 1.165) is 0 Å². The lowest BCUT2D eigenvalue weighted by molar-refractivity contribution is 0.596. The van der Waals surface area contributed by atoms with Gasteiger partial charge in [0.25, 0.3) is 10.0 Å². The smallest absolute Gasteiger partial charge is 0.261 e. The molecule has 0 unspecified atom stereocenters. The predicted octanol–water partition coefficient (Wildman–Crippen LogP) is 3.53. The highest BCUT2D eigenvalue weighted by Gasteiger charge is 2.14. The number of hydrogen-bond donors (Lipinski definition) is 1. The van der Waals surface area contributed by atoms with Crippen LogP contribution in [0.2, 0.25) is 0 Å². The molecule has 0 rings (SSSR count). The molecule has 4 heteroatoms. The van der Waals surface area contributed by atoms with Crippen molar-refractivity contribution in [3.8, 4) is 0 Å². The lowest BCUT2D eigenvalue weighted by atomic mass is 10.3. The van der Waals surface area contributed by atoms with Gasteiger partial charge in [0.2, 0.25) is 0 Å². The van der Waals surface area contributed by atoms with Crippen molar-refractivity contribution in [1.82, 2.24) is 4.72 Å². The summed E-state index contributed by atoms with van der Waals surface area (Å²) >= 11 is 0. The van der Waals surface area contributed by atoms with Gasteiger partial charge < -0.3 is 0 Å². The van der Waals surface area contributed by atoms with E-state index in [2.05, 4.69) is 31.0 Å². The van der Waals surface area contributed by atoms with Gasteiger partial charge in [-0.1, -0.05) is 62.8 Å². The summed E-state index contributed by atoms with van der Waals surface area (Å²) in [5.74, 6) is 0. The van der Waals surface area contributed by atoms with Crippen LogP contribution in [0.5, 0.6) is 0 Å². The molecule has 0 aromatic heterocycles. The van der Waals surface area contributed by atoms with E-state index in [4.69, 9.17) is 0 Å². The molecule has 0 aliphatic rings. The molecule has 0 atom stereocenters. The highest BCUT2D eigenvalue weighted by atomic mass is 32.2. The van der Waals surface area contributed by atoms with E-state index in [1.165, 1.54) is 36.5 Å². The van der Waals surface area contributed by atoms with Gasteiger partial charge in [-0.25, -0.2) is 8.42 Å². The molecule has 106 valence electrons. The minimum atomic E-state index is -3.70. The molecular formula is C16H19NO2S. The summed E-state index contributed by atoms with van der Waals surface area (Å²) in [6.45, 7) is 14.1. The van der Waals surface area contributed by atoms with E-state index in [9.17, 15) is 8.42 Å². The monoisotopic (exact) mass is 289 g/mol. The van der Waals surface area contributed by atoms with Crippen LogP contribution in [-0.4, -0.2) is 8.42 Å². The van der Waals surface area contributed by atoms with Crippen LogP contribution in [0.3, 0.4) is 0 Å². The van der Waals surface area contributed by atoms with Crippen molar-refractivity contribution in [2.75, 3.05) is 0 Å². The zero-order chi connectivity index (χ0) is 15.4. The van der Waals surface area contributed by atoms with Crippen molar-refractivity contribution in [2.45, 2.75) is 0 Å². The fourth-order valence-corrected chi connectivity index (χ4v) is 2.25. The Bertz CT molecular complexity index is 588. The summed E-state index contributed by atoms with van der Waals surface area (Å²) in [5.41, 5.74) is 0.377. The highest BCUT2D eigenvalue weighted by Crippen LogP contribution is 2.10. The van der Waals surface area contributed by atoms with E-state index >= 15 is 0 Å². The van der Waals surface area contributed by atoms with Gasteiger partial charge in [0.05, 0.1) is 4.91 Å². The van der Waals surface area contributed by atoms with E-state index in [1.807, 2.05) is 0 Å². The molecule has 20 heavy (non-hydrogen) atoms. The molecule has 0 amide bonds. The SMILES string of the molecule is C=C/C=C\C(=C/C=C)NS(=O)(=O)C(/C=C\C=C)=C/C=C. The molecule has 0 heterocycles. The van der Waals surface area contributed by atoms with Crippen LogP contribution in [0.4, 0.5) is 0 Å². The van der Waals surface area contributed by atoms with Gasteiger partial charge in [0, 0.05) is 5.70 Å². The van der Waals surface area contributed by atoms with Gasteiger partial charge in [-0.15, -0.1) is 0 Å². The normalized spacial score (nSPS) is 13.4. The van der Waals surface area contributed by atoms with Crippen LogP contribution < -0.4 is 4.72 Å². The fourth-order valence-electron chi connectivity index (χ4n) is 1.15. The Kier molecular flexibility index (Phi) is 8.46. The summed E-state index contributed by atoms with van der Waals surface area (Å²) in [6.07, 6.45) is 15.0. The lowest BCUT2D eigenvalue weighted by Crippen LogP contribution is -2.23. The number of hydrogen-bond acceptors (Lipinski definition) is 2. The summed E-state index contributed by atoms with van der Waals surface area (Å²) in [5, 5.41) is 0. The van der Waals surface area contributed by atoms with Crippen LogP contribution in [0.25, 0.3) is 0 Å². The van der Waals surface area contributed by atoms with Crippen molar-refractivity contribution >= 4 is 10.0 Å². The van der Waals surface area contributed by atoms with Crippen LogP contribution in [0, 0.1) is 0 Å². The Labute approximate surface area is 121 Å². The largest absolute Gasteiger partial charge is 0.280 e. The van der Waals surface area contributed by atoms with Gasteiger partial charge in [-0.05, 0) is 24.3 Å². The summed E-state index contributed by atoms with van der Waals surface area (Å²) in [6, 6.07) is 0. The van der Waals surface area contributed by atoms with Crippen molar-refractivity contribution in [3.05, 3.63) is 97.7 Å². The first kappa shape index (κ1) is 17.7. The maximum atomic E-state index is 12.2. The van der Waals surface area contributed by atoms with Gasteiger partial charge in [-0.2, -0.15) is 0 Å². The zero-order valence-corrected chi connectivity index (χ0v) is 12.1. The Morgan fingerprint density at radius 2 is 1.35 bits per heavy atom. The Hall–Kier alpha value is -2.33. The molecule has 0 aromatic carbocycles. The molecule has 0 spiro atoms. The summed E-state index contributed by atoms with van der Waals surface area (Å²) in [7, 11) is -3.70. The van der Waals surface area contributed by atoms with E-state index in [-0.39, 0.29) is 4.91 Å². The third kappa shape index (κ3) is 6.56. The average molecular weight is 289 g/mol. The van der Waals surface area contributed by atoms with Gasteiger partial charge >= 0.3 is 0 Å². The first-order valence-corrected chi connectivity index (χ1v) is 7.26. The van der Waals surface area contributed by atoms with Gasteiger partial charge in [0.15, 0.2) is 0 Å². The van der Waals surface area contributed by atoms with Crippen molar-refractivity contribution < 1.29 is 8.42 Å². The predicted molar refractivity (Wildman–Crippen MR) is 87.3 cm³/mol. The first-order valence-electron chi connectivity index (χ1n) is 5.78. The Balaban J connectivity index is 5.48. The maximum absolute atomic E-state index is 12.2. The second kappa shape index (κ2) is 9.58. The quantitative estimate of drug-likeness (QED) is 0.660. The molecule has 0 saturated carbocycles. The molecule has 0 bridgehead atoms.